The van der Waals surface area contributed by atoms with Gasteiger partial charge in [-0.2, -0.15) is 0 Å². The number of hydrogen-bond acceptors (Lipinski definition) is 2. The summed E-state index contributed by atoms with van der Waals surface area (Å²) in [4.78, 5) is 15.7. The lowest BCUT2D eigenvalue weighted by Gasteiger charge is -2.10. The van der Waals surface area contributed by atoms with Crippen LogP contribution in [-0.4, -0.2) is 11.0 Å². The number of nitrogens with zero attached hydrogens (tertiary/aromatic N) is 1. The smallest absolute Gasteiger partial charge is 0.306 e. The van der Waals surface area contributed by atoms with E-state index in [9.17, 15) is 9.18 Å². The molecule has 0 unspecified atom stereocenters. The van der Waals surface area contributed by atoms with Gasteiger partial charge < -0.3 is 10.6 Å². The molecule has 0 bridgehead atoms. The van der Waals surface area contributed by atoms with Gasteiger partial charge in [0.1, 0.15) is 11.0 Å². The topological polar surface area (TPSA) is 54.0 Å². The molecule has 7 heteroatoms. The summed E-state index contributed by atoms with van der Waals surface area (Å²) in [6, 6.07) is 5.77. The van der Waals surface area contributed by atoms with Crippen LogP contribution in [0.2, 0.25) is 5.15 Å². The predicted molar refractivity (Wildman–Crippen MR) is 80.7 cm³/mol. The van der Waals surface area contributed by atoms with Gasteiger partial charge in [-0.1, -0.05) is 23.7 Å². The minimum atomic E-state index is -0.572. The number of amides is 2. The molecule has 0 aliphatic heterocycles. The van der Waals surface area contributed by atoms with Crippen LogP contribution in [0.4, 0.5) is 20.6 Å². The van der Waals surface area contributed by atoms with Crippen LogP contribution in [0.25, 0.3) is 0 Å². The van der Waals surface area contributed by atoms with E-state index in [1.807, 2.05) is 0 Å². The first kappa shape index (κ1) is 14.7. The highest BCUT2D eigenvalue weighted by molar-refractivity contribution is 9.10. The third kappa shape index (κ3) is 3.26. The zero-order chi connectivity index (χ0) is 14.7. The fourth-order valence-electron chi connectivity index (χ4n) is 1.53. The number of urea groups is 1. The maximum Gasteiger partial charge on any atom is 0.323 e. The zero-order valence-electron chi connectivity index (χ0n) is 10.4. The Hall–Kier alpha value is -1.66. The lowest BCUT2D eigenvalue weighted by Crippen LogP contribution is -2.20. The van der Waals surface area contributed by atoms with E-state index in [2.05, 4.69) is 31.5 Å². The fourth-order valence-corrected chi connectivity index (χ4v) is 2.03. The molecule has 0 spiro atoms. The van der Waals surface area contributed by atoms with E-state index < -0.39 is 11.8 Å². The van der Waals surface area contributed by atoms with Crippen molar-refractivity contribution >= 4 is 44.9 Å². The monoisotopic (exact) mass is 357 g/mol. The molecule has 104 valence electrons. The van der Waals surface area contributed by atoms with Crippen LogP contribution < -0.4 is 10.6 Å². The number of anilines is 2. The number of carbonyl (C=O) groups excluding carboxylic acids is 1. The average molecular weight is 359 g/mol. The van der Waals surface area contributed by atoms with Crippen molar-refractivity contribution in [2.24, 2.45) is 0 Å². The summed E-state index contributed by atoms with van der Waals surface area (Å²) in [7, 11) is 0. The van der Waals surface area contributed by atoms with Crippen molar-refractivity contribution in [2.75, 3.05) is 10.6 Å². The second kappa shape index (κ2) is 6.19. The Kier molecular flexibility index (Phi) is 4.57. The first-order chi connectivity index (χ1) is 9.49. The quantitative estimate of drug-likeness (QED) is 0.772. The lowest BCUT2D eigenvalue weighted by molar-refractivity contribution is 0.262. The van der Waals surface area contributed by atoms with Gasteiger partial charge in [0, 0.05) is 6.20 Å². The van der Waals surface area contributed by atoms with E-state index in [-0.39, 0.29) is 10.8 Å². The molecule has 1 aromatic heterocycles. The summed E-state index contributed by atoms with van der Waals surface area (Å²) in [6.45, 7) is 1.62. The Morgan fingerprint density at radius 1 is 1.30 bits per heavy atom. The zero-order valence-corrected chi connectivity index (χ0v) is 12.7. The number of aryl methyl sites for hydroxylation is 1. The van der Waals surface area contributed by atoms with Gasteiger partial charge in [0.15, 0.2) is 0 Å². The van der Waals surface area contributed by atoms with Crippen LogP contribution >= 0.6 is 27.5 Å². The Bertz CT molecular complexity index is 611. The molecule has 0 aliphatic carbocycles. The molecule has 0 atom stereocenters. The molecule has 2 rings (SSSR count). The number of aromatic nitrogens is 1. The molecule has 1 aromatic carbocycles. The van der Waals surface area contributed by atoms with Gasteiger partial charge >= 0.3 is 6.03 Å². The number of halogens is 3. The first-order valence-electron chi connectivity index (χ1n) is 5.62. The third-order valence-electron chi connectivity index (χ3n) is 2.53. The second-order valence-electron chi connectivity index (χ2n) is 3.98. The van der Waals surface area contributed by atoms with Crippen LogP contribution in [0.1, 0.15) is 5.56 Å². The highest BCUT2D eigenvalue weighted by Crippen LogP contribution is 2.28. The summed E-state index contributed by atoms with van der Waals surface area (Å²) in [6.07, 6.45) is 1.45. The van der Waals surface area contributed by atoms with Gasteiger partial charge in [0.05, 0.1) is 15.8 Å². The SMILES string of the molecule is Cc1cccc(NC(=O)Nc2ccnc(Cl)c2Br)c1F. The van der Waals surface area contributed by atoms with Crippen LogP contribution in [0.3, 0.4) is 0 Å². The summed E-state index contributed by atoms with van der Waals surface area (Å²) >= 11 is 9.02. The standard InChI is InChI=1S/C13H10BrClFN3O/c1-7-3-2-4-9(11(7)16)19-13(20)18-8-5-6-17-12(15)10(8)14/h2-6H,1H3,(H2,17,18,19,20). The van der Waals surface area contributed by atoms with Gasteiger partial charge in [-0.15, -0.1) is 0 Å². The molecule has 4 nitrogen and oxygen atoms in total. The van der Waals surface area contributed by atoms with Gasteiger partial charge in [0.2, 0.25) is 0 Å². The molecule has 0 saturated heterocycles. The van der Waals surface area contributed by atoms with Gasteiger partial charge in [-0.25, -0.2) is 14.2 Å². The molecule has 0 radical (unpaired) electrons. The fraction of sp³-hybridized carbons (Fsp3) is 0.0769. The summed E-state index contributed by atoms with van der Waals surface area (Å²) in [5, 5.41) is 5.22. The summed E-state index contributed by atoms with van der Waals surface area (Å²) < 4.78 is 14.2. The predicted octanol–water partition coefficient (Wildman–Crippen LogP) is 4.59. The van der Waals surface area contributed by atoms with E-state index in [1.165, 1.54) is 12.3 Å². The highest BCUT2D eigenvalue weighted by Gasteiger charge is 2.11. The van der Waals surface area contributed by atoms with Crippen molar-refractivity contribution in [1.82, 2.24) is 4.98 Å². The van der Waals surface area contributed by atoms with Crippen LogP contribution in [0.5, 0.6) is 0 Å². The van der Waals surface area contributed by atoms with Crippen molar-refractivity contribution in [3.05, 3.63) is 51.5 Å². The maximum atomic E-state index is 13.8. The molecule has 1 heterocycles. The lowest BCUT2D eigenvalue weighted by atomic mass is 10.2. The molecule has 20 heavy (non-hydrogen) atoms. The number of carbonyl (C=O) groups is 1. The van der Waals surface area contributed by atoms with E-state index in [4.69, 9.17) is 11.6 Å². The Morgan fingerprint density at radius 3 is 2.75 bits per heavy atom. The van der Waals surface area contributed by atoms with Gasteiger partial charge in [-0.05, 0) is 40.5 Å². The number of rotatable bonds is 2. The average Bonchev–Trinajstić information content (AvgIpc) is 2.40. The second-order valence-corrected chi connectivity index (χ2v) is 5.13. The van der Waals surface area contributed by atoms with E-state index in [1.54, 1.807) is 25.1 Å². The van der Waals surface area contributed by atoms with Crippen molar-refractivity contribution in [3.8, 4) is 0 Å². The normalized spacial score (nSPS) is 10.2. The van der Waals surface area contributed by atoms with Crippen LogP contribution in [0, 0.1) is 12.7 Å². The largest absolute Gasteiger partial charge is 0.323 e. The number of nitrogens with one attached hydrogen (secondary N) is 2. The molecule has 0 saturated carbocycles. The Labute approximate surface area is 128 Å². The molecular formula is C13H10BrClFN3O. The van der Waals surface area contributed by atoms with E-state index in [0.29, 0.717) is 15.7 Å². The van der Waals surface area contributed by atoms with Crippen molar-refractivity contribution < 1.29 is 9.18 Å². The van der Waals surface area contributed by atoms with Crippen molar-refractivity contribution in [1.29, 1.82) is 0 Å². The Balaban J connectivity index is 2.13. The van der Waals surface area contributed by atoms with Crippen molar-refractivity contribution in [3.63, 3.8) is 0 Å². The minimum Gasteiger partial charge on any atom is -0.306 e. The Morgan fingerprint density at radius 2 is 2.00 bits per heavy atom. The first-order valence-corrected chi connectivity index (χ1v) is 6.79. The summed E-state index contributed by atoms with van der Waals surface area (Å²) in [5.41, 5.74) is 1.00. The number of hydrogen-bond donors (Lipinski definition) is 2. The van der Waals surface area contributed by atoms with E-state index in [0.717, 1.165) is 0 Å². The van der Waals surface area contributed by atoms with Crippen LogP contribution in [-0.2, 0) is 0 Å². The van der Waals surface area contributed by atoms with Crippen LogP contribution in [0.15, 0.2) is 34.9 Å². The maximum absolute atomic E-state index is 13.8. The minimum absolute atomic E-state index is 0.110. The molecular weight excluding hydrogens is 349 g/mol. The highest BCUT2D eigenvalue weighted by atomic mass is 79.9. The third-order valence-corrected chi connectivity index (χ3v) is 3.85. The number of benzene rings is 1. The summed E-state index contributed by atoms with van der Waals surface area (Å²) in [5.74, 6) is -0.463. The van der Waals surface area contributed by atoms with Gasteiger partial charge in [0.25, 0.3) is 0 Å². The molecule has 2 N–H and O–H groups in total. The molecule has 0 aliphatic rings. The molecule has 0 fully saturated rings. The number of pyridine rings is 1. The van der Waals surface area contributed by atoms with E-state index >= 15 is 0 Å². The molecule has 2 amide bonds. The van der Waals surface area contributed by atoms with Gasteiger partial charge in [-0.3, -0.25) is 0 Å². The molecule has 2 aromatic rings. The van der Waals surface area contributed by atoms with Crippen molar-refractivity contribution in [2.45, 2.75) is 6.92 Å².